The Labute approximate surface area is 121 Å². The third-order valence-corrected chi connectivity index (χ3v) is 3.57. The van der Waals surface area contributed by atoms with Crippen molar-refractivity contribution < 1.29 is 19.7 Å². The highest BCUT2D eigenvalue weighted by Crippen LogP contribution is 2.26. The topological polar surface area (TPSA) is 84.6 Å². The number of carbonyl (C=O) groups is 1. The van der Waals surface area contributed by atoms with Gasteiger partial charge in [0, 0.05) is 6.54 Å². The fourth-order valence-electron chi connectivity index (χ4n) is 1.30. The molecule has 1 aromatic rings. The average Bonchev–Trinajstić information content (AvgIpc) is 2.61. The van der Waals surface area contributed by atoms with Crippen LogP contribution in [0.5, 0.6) is 0 Å². The van der Waals surface area contributed by atoms with Gasteiger partial charge in [-0.3, -0.25) is 4.68 Å². The van der Waals surface area contributed by atoms with Gasteiger partial charge in [0.15, 0.2) is 0 Å². The molecule has 2 N–H and O–H groups in total. The molecule has 1 aromatic heterocycles. The smallest absolute Gasteiger partial charge is 0.343 e. The van der Waals surface area contributed by atoms with E-state index in [0.717, 1.165) is 0 Å². The van der Waals surface area contributed by atoms with Gasteiger partial charge < -0.3 is 14.9 Å². The molecule has 0 amide bonds. The van der Waals surface area contributed by atoms with Crippen molar-refractivity contribution in [1.29, 1.82) is 0 Å². The van der Waals surface area contributed by atoms with Gasteiger partial charge in [-0.05, 0) is 45.2 Å². The van der Waals surface area contributed by atoms with Crippen molar-refractivity contribution in [3.8, 4) is 0 Å². The van der Waals surface area contributed by atoms with Crippen LogP contribution in [0.4, 0.5) is 0 Å². The van der Waals surface area contributed by atoms with E-state index in [2.05, 4.69) is 37.0 Å². The molecule has 6 nitrogen and oxygen atoms in total. The van der Waals surface area contributed by atoms with E-state index in [4.69, 9.17) is 9.84 Å². The van der Waals surface area contributed by atoms with E-state index in [1.54, 1.807) is 6.92 Å². The van der Waals surface area contributed by atoms with Crippen LogP contribution in [0, 0.1) is 0 Å². The summed E-state index contributed by atoms with van der Waals surface area (Å²) >= 11 is 6.46. The number of aromatic nitrogens is 2. The molecule has 1 atom stereocenters. The summed E-state index contributed by atoms with van der Waals surface area (Å²) in [6.45, 7) is 2.08. The Bertz CT molecular complexity index is 422. The Morgan fingerprint density at radius 2 is 2.22 bits per heavy atom. The molecule has 0 bridgehead atoms. The highest BCUT2D eigenvalue weighted by Gasteiger charge is 2.22. The third-order valence-electron chi connectivity index (χ3n) is 2.21. The van der Waals surface area contributed by atoms with Crippen molar-refractivity contribution >= 4 is 37.8 Å². The first kappa shape index (κ1) is 15.6. The second kappa shape index (κ2) is 7.22. The molecule has 1 heterocycles. The van der Waals surface area contributed by atoms with Crippen LogP contribution in [0.25, 0.3) is 0 Å². The van der Waals surface area contributed by atoms with Crippen LogP contribution in [0.1, 0.15) is 23.7 Å². The van der Waals surface area contributed by atoms with E-state index in [9.17, 15) is 9.90 Å². The number of hydrogen-bond donors (Lipinski definition) is 2. The van der Waals surface area contributed by atoms with Gasteiger partial charge in [-0.15, -0.1) is 0 Å². The molecule has 1 rings (SSSR count). The fourth-order valence-corrected chi connectivity index (χ4v) is 2.71. The van der Waals surface area contributed by atoms with E-state index < -0.39 is 12.1 Å². The van der Waals surface area contributed by atoms with Gasteiger partial charge in [0.05, 0.1) is 19.3 Å². The van der Waals surface area contributed by atoms with E-state index in [1.165, 1.54) is 4.68 Å². The van der Waals surface area contributed by atoms with E-state index in [0.29, 0.717) is 27.7 Å². The lowest BCUT2D eigenvalue weighted by Gasteiger charge is -2.07. The van der Waals surface area contributed by atoms with Crippen molar-refractivity contribution in [2.75, 3.05) is 13.2 Å². The summed E-state index contributed by atoms with van der Waals surface area (Å²) in [5.41, 5.74) is 0.315. The molecular weight excluding hydrogens is 372 g/mol. The first-order valence-corrected chi connectivity index (χ1v) is 6.97. The summed E-state index contributed by atoms with van der Waals surface area (Å²) in [7, 11) is 0. The number of hydrogen-bond acceptors (Lipinski definition) is 5. The number of aliphatic hydroxyl groups excluding tert-OH is 2. The first-order valence-electron chi connectivity index (χ1n) is 5.39. The molecule has 1 unspecified atom stereocenters. The number of halogens is 2. The normalized spacial score (nSPS) is 12.5. The van der Waals surface area contributed by atoms with Crippen LogP contribution >= 0.6 is 31.9 Å². The first-order chi connectivity index (χ1) is 8.51. The van der Waals surface area contributed by atoms with Crippen molar-refractivity contribution in [2.45, 2.75) is 26.0 Å². The maximum atomic E-state index is 11.7. The largest absolute Gasteiger partial charge is 0.462 e. The number of carbonyl (C=O) groups excluding carboxylic acids is 1. The lowest BCUT2D eigenvalue weighted by atomic mass is 10.3. The number of rotatable bonds is 6. The highest BCUT2D eigenvalue weighted by molar-refractivity contribution is 9.11. The van der Waals surface area contributed by atoms with Gasteiger partial charge in [-0.25, -0.2) is 4.79 Å². The van der Waals surface area contributed by atoms with Crippen molar-refractivity contribution in [3.05, 3.63) is 14.8 Å². The Morgan fingerprint density at radius 1 is 1.56 bits per heavy atom. The maximum absolute atomic E-state index is 11.7. The van der Waals surface area contributed by atoms with E-state index in [-0.39, 0.29) is 13.2 Å². The van der Waals surface area contributed by atoms with Gasteiger partial charge in [0.25, 0.3) is 0 Å². The molecule has 0 aromatic carbocycles. The van der Waals surface area contributed by atoms with Crippen LogP contribution in [0.2, 0.25) is 0 Å². The minimum Gasteiger partial charge on any atom is -0.462 e. The van der Waals surface area contributed by atoms with Gasteiger partial charge in [-0.1, -0.05) is 0 Å². The predicted molar refractivity (Wildman–Crippen MR) is 71.3 cm³/mol. The quantitative estimate of drug-likeness (QED) is 0.721. The van der Waals surface area contributed by atoms with E-state index in [1.807, 2.05) is 0 Å². The summed E-state index contributed by atoms with van der Waals surface area (Å²) in [6, 6.07) is 0. The Kier molecular flexibility index (Phi) is 6.27. The molecule has 18 heavy (non-hydrogen) atoms. The zero-order chi connectivity index (χ0) is 13.7. The molecule has 0 aliphatic carbocycles. The molecule has 0 aliphatic heterocycles. The minimum atomic E-state index is -0.800. The Hall–Kier alpha value is -0.440. The number of esters is 1. The molecule has 102 valence electrons. The Balaban J connectivity index is 2.83. The SMILES string of the molecule is CCOC(=O)c1c(Br)nn(CCC(O)CO)c1Br. The summed E-state index contributed by atoms with van der Waals surface area (Å²) in [4.78, 5) is 11.7. The molecule has 0 aliphatic rings. The lowest BCUT2D eigenvalue weighted by molar-refractivity contribution is 0.0524. The number of nitrogens with zero attached hydrogens (tertiary/aromatic N) is 2. The Morgan fingerprint density at radius 3 is 2.78 bits per heavy atom. The fraction of sp³-hybridized carbons (Fsp3) is 0.600. The number of ether oxygens (including phenoxy) is 1. The minimum absolute atomic E-state index is 0.284. The maximum Gasteiger partial charge on any atom is 0.343 e. The van der Waals surface area contributed by atoms with Crippen LogP contribution in [0.15, 0.2) is 9.21 Å². The van der Waals surface area contributed by atoms with Crippen LogP contribution in [-0.2, 0) is 11.3 Å². The molecule has 0 fully saturated rings. The second-order valence-corrected chi connectivity index (χ2v) is 5.03. The summed E-state index contributed by atoms with van der Waals surface area (Å²) in [6.07, 6.45) is -0.461. The highest BCUT2D eigenvalue weighted by atomic mass is 79.9. The zero-order valence-electron chi connectivity index (χ0n) is 9.77. The molecule has 0 saturated heterocycles. The number of aliphatic hydroxyl groups is 2. The van der Waals surface area contributed by atoms with Crippen molar-refractivity contribution in [2.24, 2.45) is 0 Å². The van der Waals surface area contributed by atoms with Gasteiger partial charge in [0.1, 0.15) is 14.8 Å². The average molecular weight is 386 g/mol. The second-order valence-electron chi connectivity index (χ2n) is 3.53. The predicted octanol–water partition coefficient (Wildman–Crippen LogP) is 1.33. The van der Waals surface area contributed by atoms with E-state index >= 15 is 0 Å². The summed E-state index contributed by atoms with van der Waals surface area (Å²) in [5, 5.41) is 22.1. The molecule has 8 heteroatoms. The molecule has 0 saturated carbocycles. The van der Waals surface area contributed by atoms with Crippen LogP contribution in [-0.4, -0.2) is 45.3 Å². The van der Waals surface area contributed by atoms with Gasteiger partial charge in [0.2, 0.25) is 0 Å². The number of aryl methyl sites for hydroxylation is 1. The third kappa shape index (κ3) is 3.78. The monoisotopic (exact) mass is 384 g/mol. The zero-order valence-corrected chi connectivity index (χ0v) is 12.9. The van der Waals surface area contributed by atoms with Crippen LogP contribution in [0.3, 0.4) is 0 Å². The van der Waals surface area contributed by atoms with Crippen LogP contribution < -0.4 is 0 Å². The van der Waals surface area contributed by atoms with Gasteiger partial charge >= 0.3 is 5.97 Å². The molecule has 0 radical (unpaired) electrons. The van der Waals surface area contributed by atoms with Gasteiger partial charge in [-0.2, -0.15) is 5.10 Å². The summed E-state index contributed by atoms with van der Waals surface area (Å²) in [5.74, 6) is -0.467. The summed E-state index contributed by atoms with van der Waals surface area (Å²) < 4.78 is 7.30. The van der Waals surface area contributed by atoms with Crippen molar-refractivity contribution in [3.63, 3.8) is 0 Å². The standard InChI is InChI=1S/C10H14Br2N2O4/c1-2-18-10(17)7-8(11)13-14(9(7)12)4-3-6(16)5-15/h6,15-16H,2-5H2,1H3. The lowest BCUT2D eigenvalue weighted by Crippen LogP contribution is -2.16. The van der Waals surface area contributed by atoms with Crippen molar-refractivity contribution in [1.82, 2.24) is 9.78 Å². The molecular formula is C10H14Br2N2O4. The molecule has 0 spiro atoms.